The van der Waals surface area contributed by atoms with Crippen LogP contribution in [-0.4, -0.2) is 11.0 Å². The lowest BCUT2D eigenvalue weighted by Crippen LogP contribution is -2.50. The van der Waals surface area contributed by atoms with Crippen molar-refractivity contribution in [3.63, 3.8) is 0 Å². The fourth-order valence-electron chi connectivity index (χ4n) is 8.93. The molecule has 0 aromatic rings. The SMILES string of the molecule is CC(C)CCC[C@@H](C)[C@H]1CC[C@H]2[C@@H]3CC=C4C[C@@H](OP(O)(F)=S)CC[C@]4(C)[C@H]3CC[C@]12C. The summed E-state index contributed by atoms with van der Waals surface area (Å²) in [4.78, 5) is 9.42. The van der Waals surface area contributed by atoms with Gasteiger partial charge in [-0.15, -0.1) is 0 Å². The van der Waals surface area contributed by atoms with Gasteiger partial charge >= 0.3 is 6.80 Å². The van der Waals surface area contributed by atoms with Gasteiger partial charge in [-0.1, -0.05) is 65.5 Å². The van der Waals surface area contributed by atoms with Crippen molar-refractivity contribution in [2.24, 2.45) is 46.3 Å². The molecule has 0 aromatic carbocycles. The lowest BCUT2D eigenvalue weighted by Gasteiger charge is -2.58. The van der Waals surface area contributed by atoms with Crippen LogP contribution in [0.4, 0.5) is 4.20 Å². The van der Waals surface area contributed by atoms with Crippen LogP contribution < -0.4 is 0 Å². The van der Waals surface area contributed by atoms with E-state index in [1.54, 1.807) is 0 Å². The Morgan fingerprint density at radius 2 is 1.88 bits per heavy atom. The molecule has 5 heteroatoms. The van der Waals surface area contributed by atoms with Crippen molar-refractivity contribution in [1.82, 2.24) is 0 Å². The van der Waals surface area contributed by atoms with E-state index in [9.17, 15) is 9.09 Å². The van der Waals surface area contributed by atoms with Gasteiger partial charge in [0.2, 0.25) is 0 Å². The number of halogens is 1. The van der Waals surface area contributed by atoms with Crippen LogP contribution in [0.3, 0.4) is 0 Å². The molecule has 32 heavy (non-hydrogen) atoms. The van der Waals surface area contributed by atoms with Crippen LogP contribution in [0, 0.1) is 46.3 Å². The minimum Gasteiger partial charge on any atom is -0.321 e. The Morgan fingerprint density at radius 3 is 2.56 bits per heavy atom. The molecule has 1 unspecified atom stereocenters. The third kappa shape index (κ3) is 4.82. The molecule has 3 saturated carbocycles. The van der Waals surface area contributed by atoms with Crippen molar-refractivity contribution in [2.75, 3.05) is 0 Å². The van der Waals surface area contributed by atoms with Gasteiger partial charge in [-0.25, -0.2) is 0 Å². The van der Waals surface area contributed by atoms with Crippen molar-refractivity contribution in [1.29, 1.82) is 0 Å². The molecule has 0 heterocycles. The molecule has 0 saturated heterocycles. The predicted octanol–water partition coefficient (Wildman–Crippen LogP) is 8.60. The second kappa shape index (κ2) is 9.36. The summed E-state index contributed by atoms with van der Waals surface area (Å²) >= 11 is 4.53. The van der Waals surface area contributed by atoms with Crippen molar-refractivity contribution in [3.8, 4) is 0 Å². The zero-order valence-corrected chi connectivity index (χ0v) is 22.7. The third-order valence-electron chi connectivity index (χ3n) is 10.5. The smallest absolute Gasteiger partial charge is 0.321 e. The van der Waals surface area contributed by atoms with Gasteiger partial charge in [-0.2, -0.15) is 4.20 Å². The summed E-state index contributed by atoms with van der Waals surface area (Å²) in [5, 5.41) is 0. The predicted molar refractivity (Wildman–Crippen MR) is 136 cm³/mol. The molecule has 9 atom stereocenters. The van der Waals surface area contributed by atoms with Crippen molar-refractivity contribution < 1.29 is 13.6 Å². The van der Waals surface area contributed by atoms with Crippen molar-refractivity contribution >= 4 is 18.6 Å². The van der Waals surface area contributed by atoms with Crippen LogP contribution >= 0.6 is 6.80 Å². The number of fused-ring (bicyclic) bond motifs is 5. The van der Waals surface area contributed by atoms with Gasteiger partial charge in [0, 0.05) is 0 Å². The molecule has 2 nitrogen and oxygen atoms in total. The van der Waals surface area contributed by atoms with Crippen LogP contribution in [0.5, 0.6) is 0 Å². The standard InChI is InChI=1S/C27H46FO2PS/c1-18(2)7-6-8-19(3)23-11-12-24-22-10-9-20-17-21(30-31(28,29)32)13-15-26(20,4)25(22)14-16-27(23,24)5/h9,18-19,21-25H,6-8,10-17H2,1-5H3,(H,29,32)/t19-,21+,22+,23-,24+,25+,26+,27-,31?/m1/s1. The highest BCUT2D eigenvalue weighted by Crippen LogP contribution is 2.67. The molecule has 4 aliphatic carbocycles. The molecule has 184 valence electrons. The highest BCUT2D eigenvalue weighted by atomic mass is 32.5. The topological polar surface area (TPSA) is 29.5 Å². The maximum Gasteiger partial charge on any atom is 0.363 e. The van der Waals surface area contributed by atoms with Crippen LogP contribution in [0.1, 0.15) is 105 Å². The van der Waals surface area contributed by atoms with E-state index in [4.69, 9.17) is 4.52 Å². The quantitative estimate of drug-likeness (QED) is 0.290. The fraction of sp³-hybridized carbons (Fsp3) is 0.926. The summed E-state index contributed by atoms with van der Waals surface area (Å²) in [5.41, 5.74) is 2.19. The van der Waals surface area contributed by atoms with E-state index in [1.807, 2.05) is 0 Å². The van der Waals surface area contributed by atoms with E-state index in [2.05, 4.69) is 52.5 Å². The molecule has 0 aliphatic heterocycles. The molecule has 4 aliphatic rings. The summed E-state index contributed by atoms with van der Waals surface area (Å²) in [6, 6.07) is 0. The normalized spacial score (nSPS) is 44.2. The molecule has 0 radical (unpaired) electrons. The molecular formula is C27H46FO2PS. The Hall–Kier alpha value is 0.240. The van der Waals surface area contributed by atoms with Gasteiger partial charge in [-0.05, 0) is 110 Å². The number of rotatable bonds is 7. The van der Waals surface area contributed by atoms with Crippen LogP contribution in [0.2, 0.25) is 0 Å². The summed E-state index contributed by atoms with van der Waals surface area (Å²) in [6.45, 7) is 8.27. The Kier molecular flexibility index (Phi) is 7.41. The first kappa shape index (κ1) is 25.3. The van der Waals surface area contributed by atoms with Crippen LogP contribution in [0.25, 0.3) is 0 Å². The average Bonchev–Trinajstić information content (AvgIpc) is 3.04. The first-order valence-electron chi connectivity index (χ1n) is 13.3. The fourth-order valence-corrected chi connectivity index (χ4v) is 9.84. The van der Waals surface area contributed by atoms with E-state index < -0.39 is 6.80 Å². The Morgan fingerprint density at radius 1 is 1.12 bits per heavy atom. The van der Waals surface area contributed by atoms with Gasteiger partial charge in [0.1, 0.15) is 0 Å². The van der Waals surface area contributed by atoms with E-state index in [-0.39, 0.29) is 11.5 Å². The number of allylic oxidation sites excluding steroid dienone is 1. The minimum atomic E-state index is -4.08. The third-order valence-corrected chi connectivity index (χ3v) is 11.4. The number of hydrogen-bond acceptors (Lipinski definition) is 2. The zero-order valence-electron chi connectivity index (χ0n) is 21.0. The van der Waals surface area contributed by atoms with Crippen LogP contribution in [0.15, 0.2) is 11.6 Å². The summed E-state index contributed by atoms with van der Waals surface area (Å²) in [6.07, 6.45) is 15.7. The zero-order chi connectivity index (χ0) is 23.3. The van der Waals surface area contributed by atoms with E-state index in [0.29, 0.717) is 5.41 Å². The molecule has 0 spiro atoms. The monoisotopic (exact) mass is 484 g/mol. The molecular weight excluding hydrogens is 438 g/mol. The molecule has 0 aromatic heterocycles. The average molecular weight is 485 g/mol. The van der Waals surface area contributed by atoms with Gasteiger partial charge in [0.05, 0.1) is 6.10 Å². The first-order valence-corrected chi connectivity index (χ1v) is 15.9. The van der Waals surface area contributed by atoms with E-state index in [0.717, 1.165) is 54.8 Å². The maximum absolute atomic E-state index is 13.6. The lowest BCUT2D eigenvalue weighted by atomic mass is 9.47. The van der Waals surface area contributed by atoms with Gasteiger partial charge in [0.15, 0.2) is 0 Å². The van der Waals surface area contributed by atoms with Gasteiger partial charge in [-0.3, -0.25) is 0 Å². The Bertz CT molecular complexity index is 763. The minimum absolute atomic E-state index is 0.222. The van der Waals surface area contributed by atoms with E-state index >= 15 is 0 Å². The summed E-state index contributed by atoms with van der Waals surface area (Å²) < 4.78 is 18.9. The van der Waals surface area contributed by atoms with Gasteiger partial charge in [0.25, 0.3) is 0 Å². The van der Waals surface area contributed by atoms with Crippen LogP contribution in [-0.2, 0) is 16.3 Å². The highest BCUT2D eigenvalue weighted by molar-refractivity contribution is 8.06. The molecule has 1 N–H and O–H groups in total. The Balaban J connectivity index is 1.46. The maximum atomic E-state index is 13.6. The molecule has 0 bridgehead atoms. The largest absolute Gasteiger partial charge is 0.363 e. The van der Waals surface area contributed by atoms with Crippen molar-refractivity contribution in [2.45, 2.75) is 111 Å². The first-order chi connectivity index (χ1) is 14.9. The molecule has 3 fully saturated rings. The number of hydrogen-bond donors (Lipinski definition) is 1. The van der Waals surface area contributed by atoms with Gasteiger partial charge < -0.3 is 9.42 Å². The molecule has 4 rings (SSSR count). The second-order valence-corrected chi connectivity index (χ2v) is 15.2. The highest BCUT2D eigenvalue weighted by Gasteiger charge is 2.59. The Labute approximate surface area is 201 Å². The van der Waals surface area contributed by atoms with Crippen molar-refractivity contribution in [3.05, 3.63) is 11.6 Å². The van der Waals surface area contributed by atoms with E-state index in [1.165, 1.54) is 56.9 Å². The second-order valence-electron chi connectivity index (χ2n) is 12.7. The lowest BCUT2D eigenvalue weighted by molar-refractivity contribution is -0.0561. The molecule has 0 amide bonds. The summed E-state index contributed by atoms with van der Waals surface area (Å²) in [7, 11) is 0. The summed E-state index contributed by atoms with van der Waals surface area (Å²) in [5.74, 6) is 4.97.